The first-order valence-electron chi connectivity index (χ1n) is 26.8. The molecule has 0 unspecified atom stereocenters. The molecule has 0 aromatic heterocycles. The molecule has 10 nitrogen and oxygen atoms in total. The molecule has 0 radical (unpaired) electrons. The van der Waals surface area contributed by atoms with Crippen molar-refractivity contribution in [2.75, 3.05) is 19.8 Å². The van der Waals surface area contributed by atoms with E-state index >= 15 is 0 Å². The highest BCUT2D eigenvalue weighted by atomic mass is 16.6. The Balaban J connectivity index is 5.23. The maximum atomic E-state index is 13.0. The molecule has 2 N–H and O–H groups in total. The Hall–Kier alpha value is -3.69. The zero-order chi connectivity index (χ0) is 48.4. The number of carboxylic acids is 1. The van der Waals surface area contributed by atoms with Gasteiger partial charge in [0.15, 0.2) is 0 Å². The smallest absolute Gasteiger partial charge is 0.328 e. The van der Waals surface area contributed by atoms with Crippen LogP contribution in [0.2, 0.25) is 0 Å². The number of allylic oxidation sites excluding steroid dienone is 5. The summed E-state index contributed by atoms with van der Waals surface area (Å²) in [6, 6.07) is 0. The van der Waals surface area contributed by atoms with Crippen molar-refractivity contribution in [3.05, 3.63) is 48.6 Å². The molecule has 1 amide bonds. The van der Waals surface area contributed by atoms with Gasteiger partial charge in [-0.3, -0.25) is 19.2 Å². The van der Waals surface area contributed by atoms with Crippen molar-refractivity contribution < 1.29 is 43.3 Å². The Morgan fingerprint density at radius 3 is 1.05 bits per heavy atom. The van der Waals surface area contributed by atoms with Crippen molar-refractivity contribution in [2.45, 2.75) is 257 Å². The topological polar surface area (TPSA) is 145 Å². The van der Waals surface area contributed by atoms with Crippen LogP contribution in [0.15, 0.2) is 48.6 Å². The third-order valence-corrected chi connectivity index (χ3v) is 11.8. The second-order valence-corrected chi connectivity index (χ2v) is 18.3. The lowest BCUT2D eigenvalue weighted by molar-refractivity contribution is -0.158. The fourth-order valence-corrected chi connectivity index (χ4v) is 7.56. The first-order valence-corrected chi connectivity index (χ1v) is 26.8. The number of esters is 3. The second kappa shape index (κ2) is 47.8. The van der Waals surface area contributed by atoms with Gasteiger partial charge in [-0.2, -0.15) is 0 Å². The van der Waals surface area contributed by atoms with Gasteiger partial charge in [0, 0.05) is 25.0 Å². The number of carbonyl (C=O) groups excluding carboxylic acids is 4. The van der Waals surface area contributed by atoms with E-state index in [-0.39, 0.29) is 19.3 Å². The number of aliphatic carboxylic acids is 1. The number of hydrogen-bond acceptors (Lipinski definition) is 8. The largest absolute Gasteiger partial charge is 0.478 e. The minimum absolute atomic E-state index is 0.00329. The minimum Gasteiger partial charge on any atom is -0.478 e. The maximum absolute atomic E-state index is 13.0. The Bertz CT molecular complexity index is 1260. The van der Waals surface area contributed by atoms with Crippen LogP contribution < -0.4 is 5.32 Å². The van der Waals surface area contributed by atoms with E-state index in [0.29, 0.717) is 18.9 Å². The summed E-state index contributed by atoms with van der Waals surface area (Å²) in [6.07, 6.45) is 52.2. The van der Waals surface area contributed by atoms with Crippen LogP contribution in [0, 0.1) is 0 Å². The van der Waals surface area contributed by atoms with Gasteiger partial charge >= 0.3 is 23.9 Å². The summed E-state index contributed by atoms with van der Waals surface area (Å²) >= 11 is 0. The van der Waals surface area contributed by atoms with Crippen molar-refractivity contribution in [2.24, 2.45) is 0 Å². The Labute approximate surface area is 403 Å². The van der Waals surface area contributed by atoms with Crippen molar-refractivity contribution in [3.8, 4) is 0 Å². The highest BCUT2D eigenvalue weighted by Gasteiger charge is 2.37. The van der Waals surface area contributed by atoms with Crippen LogP contribution in [-0.2, 0) is 38.2 Å². The number of carbonyl (C=O) groups is 5. The predicted molar refractivity (Wildman–Crippen MR) is 271 cm³/mol. The van der Waals surface area contributed by atoms with Crippen molar-refractivity contribution in [3.63, 3.8) is 0 Å². The number of ether oxygens (including phenoxy) is 3. The van der Waals surface area contributed by atoms with E-state index in [1.54, 1.807) is 6.08 Å². The van der Waals surface area contributed by atoms with Crippen LogP contribution in [0.25, 0.3) is 0 Å². The molecule has 66 heavy (non-hydrogen) atoms. The van der Waals surface area contributed by atoms with Gasteiger partial charge in [0.25, 0.3) is 0 Å². The summed E-state index contributed by atoms with van der Waals surface area (Å²) in [5, 5.41) is 11.8. The molecular formula is C56H97NO9. The van der Waals surface area contributed by atoms with Gasteiger partial charge in [0.1, 0.15) is 25.4 Å². The maximum Gasteiger partial charge on any atom is 0.328 e. The normalized spacial score (nSPS) is 11.9. The summed E-state index contributed by atoms with van der Waals surface area (Å²) in [5.41, 5.74) is -1.64. The Morgan fingerprint density at radius 2 is 0.697 bits per heavy atom. The van der Waals surface area contributed by atoms with Gasteiger partial charge in [-0.25, -0.2) is 4.79 Å². The lowest BCUT2D eigenvalue weighted by Crippen LogP contribution is -2.59. The van der Waals surface area contributed by atoms with Crippen molar-refractivity contribution in [1.29, 1.82) is 0 Å². The predicted octanol–water partition coefficient (Wildman–Crippen LogP) is 14.9. The molecule has 0 aliphatic rings. The number of nitrogens with one attached hydrogen (secondary N) is 1. The molecule has 0 fully saturated rings. The highest BCUT2D eigenvalue weighted by Crippen LogP contribution is 2.16. The number of carboxylic acid groups (broad SMARTS) is 1. The van der Waals surface area contributed by atoms with Crippen molar-refractivity contribution in [1.82, 2.24) is 5.32 Å². The molecule has 0 heterocycles. The highest BCUT2D eigenvalue weighted by molar-refractivity contribution is 5.94. The summed E-state index contributed by atoms with van der Waals surface area (Å²) in [6.45, 7) is 5.34. The average molecular weight is 928 g/mol. The summed E-state index contributed by atoms with van der Waals surface area (Å²) in [4.78, 5) is 63.1. The molecule has 0 aromatic carbocycles. The second-order valence-electron chi connectivity index (χ2n) is 18.3. The molecule has 0 bridgehead atoms. The van der Waals surface area contributed by atoms with Crippen LogP contribution in [0.4, 0.5) is 0 Å². The molecule has 380 valence electrons. The molecule has 0 aliphatic heterocycles. The van der Waals surface area contributed by atoms with Crippen LogP contribution >= 0.6 is 0 Å². The average Bonchev–Trinajstić information content (AvgIpc) is 3.30. The molecule has 0 aliphatic carbocycles. The standard InChI is InChI=1S/C56H97NO9/c1-4-7-10-13-16-19-21-23-25-27-29-32-35-38-41-44-54(62)65-49-56(57-51(58)46-47-52(59)60,48-64-53(61)43-40-37-34-31-18-15-12-9-6-3)50-66-55(63)45-42-39-36-33-30-28-26-24-22-20-17-14-11-8-5-2/h23-26,37,40,46-47H,4-22,27-36,38-39,41-45,48-50H2,1-3H3,(H,57,58)(H,59,60)/b25-23+,26-24+,40-37+,47-46-. The van der Waals surface area contributed by atoms with Gasteiger partial charge in [-0.05, 0) is 77.0 Å². The van der Waals surface area contributed by atoms with Crippen LogP contribution in [-0.4, -0.2) is 60.3 Å². The van der Waals surface area contributed by atoms with Gasteiger partial charge in [0.2, 0.25) is 5.91 Å². The van der Waals surface area contributed by atoms with Crippen LogP contribution in [0.1, 0.15) is 252 Å². The number of unbranched alkanes of at least 4 members (excludes halogenated alkanes) is 28. The lowest BCUT2D eigenvalue weighted by atomic mass is 10.0. The molecular weight excluding hydrogens is 831 g/mol. The van der Waals surface area contributed by atoms with E-state index in [1.165, 1.54) is 103 Å². The van der Waals surface area contributed by atoms with E-state index in [0.717, 1.165) is 102 Å². The van der Waals surface area contributed by atoms with E-state index in [1.807, 2.05) is 6.08 Å². The Kier molecular flexibility index (Phi) is 45.1. The fourth-order valence-electron chi connectivity index (χ4n) is 7.56. The Morgan fingerprint density at radius 1 is 0.394 bits per heavy atom. The van der Waals surface area contributed by atoms with Gasteiger partial charge in [0.05, 0.1) is 6.42 Å². The summed E-state index contributed by atoms with van der Waals surface area (Å²) in [5.74, 6) is -3.69. The van der Waals surface area contributed by atoms with E-state index in [4.69, 9.17) is 19.3 Å². The zero-order valence-corrected chi connectivity index (χ0v) is 42.4. The van der Waals surface area contributed by atoms with Crippen molar-refractivity contribution >= 4 is 29.8 Å². The third kappa shape index (κ3) is 44.2. The number of hydrogen-bond donors (Lipinski definition) is 2. The number of amides is 1. The first-order chi connectivity index (χ1) is 32.2. The lowest BCUT2D eigenvalue weighted by Gasteiger charge is -2.32. The minimum atomic E-state index is -1.64. The molecule has 10 heteroatoms. The molecule has 0 rings (SSSR count). The molecule has 0 spiro atoms. The third-order valence-electron chi connectivity index (χ3n) is 11.8. The van der Waals surface area contributed by atoms with Gasteiger partial charge < -0.3 is 24.6 Å². The molecule has 0 saturated heterocycles. The quantitative estimate of drug-likeness (QED) is 0.0200. The van der Waals surface area contributed by atoms with E-state index in [9.17, 15) is 24.0 Å². The van der Waals surface area contributed by atoms with Crippen LogP contribution in [0.3, 0.4) is 0 Å². The summed E-state index contributed by atoms with van der Waals surface area (Å²) < 4.78 is 16.9. The number of rotatable bonds is 48. The van der Waals surface area contributed by atoms with Gasteiger partial charge in [-0.15, -0.1) is 0 Å². The molecule has 0 aromatic rings. The van der Waals surface area contributed by atoms with Gasteiger partial charge in [-0.1, -0.05) is 192 Å². The van der Waals surface area contributed by atoms with E-state index in [2.05, 4.69) is 50.4 Å². The van der Waals surface area contributed by atoms with Crippen LogP contribution in [0.5, 0.6) is 0 Å². The SMILES string of the molecule is CCCCCCCC/C=C/CCCCCCCC(=O)OCC(COC(=O)C/C=C/CCCCCCCC)(COC(=O)CCCCCCC/C=C/CCCCCCCC)NC(=O)/C=C\C(=O)O. The summed E-state index contributed by atoms with van der Waals surface area (Å²) in [7, 11) is 0. The molecule has 0 saturated carbocycles. The monoisotopic (exact) mass is 928 g/mol. The van der Waals surface area contributed by atoms with E-state index < -0.39 is 55.1 Å². The fraction of sp³-hybridized carbons (Fsp3) is 0.768. The first kappa shape index (κ1) is 62.3. The zero-order valence-electron chi connectivity index (χ0n) is 42.4. The molecule has 0 atom stereocenters.